The fourth-order valence-corrected chi connectivity index (χ4v) is 2.12. The molecule has 0 unspecified atom stereocenters. The highest BCUT2D eigenvalue weighted by atomic mass is 16.5. The van der Waals surface area contributed by atoms with Crippen molar-refractivity contribution < 1.29 is 4.74 Å². The molecule has 0 saturated heterocycles. The van der Waals surface area contributed by atoms with Crippen LogP contribution in [0.2, 0.25) is 0 Å². The van der Waals surface area contributed by atoms with E-state index < -0.39 is 0 Å². The molecular formula is C15H25N3O. The maximum Gasteiger partial charge on any atom is 0.221 e. The average molecular weight is 263 g/mol. The summed E-state index contributed by atoms with van der Waals surface area (Å²) in [6.45, 7) is 6.05. The number of rotatable bonds is 9. The zero-order valence-electron chi connectivity index (χ0n) is 12.1. The molecule has 0 atom stereocenters. The molecule has 0 aromatic carbocycles. The van der Waals surface area contributed by atoms with E-state index in [1.807, 2.05) is 0 Å². The van der Waals surface area contributed by atoms with E-state index in [4.69, 9.17) is 4.74 Å². The second kappa shape index (κ2) is 7.31. The van der Waals surface area contributed by atoms with Crippen LogP contribution >= 0.6 is 0 Å². The van der Waals surface area contributed by atoms with Gasteiger partial charge in [-0.3, -0.25) is 0 Å². The van der Waals surface area contributed by atoms with Gasteiger partial charge in [-0.15, -0.1) is 0 Å². The molecule has 4 heteroatoms. The van der Waals surface area contributed by atoms with Crippen LogP contribution in [0.1, 0.15) is 51.5 Å². The second-order valence-corrected chi connectivity index (χ2v) is 5.26. The number of hydrogen-bond acceptors (Lipinski definition) is 4. The van der Waals surface area contributed by atoms with E-state index in [9.17, 15) is 0 Å². The fraction of sp³-hybridized carbons (Fsp3) is 0.733. The van der Waals surface area contributed by atoms with Crippen LogP contribution in [0.15, 0.2) is 6.33 Å². The number of nitrogens with zero attached hydrogens (tertiary/aromatic N) is 2. The van der Waals surface area contributed by atoms with Crippen molar-refractivity contribution in [2.75, 3.05) is 18.5 Å². The number of aromatic nitrogens is 2. The summed E-state index contributed by atoms with van der Waals surface area (Å²) in [5.41, 5.74) is 1.13. The molecule has 1 heterocycles. The zero-order valence-corrected chi connectivity index (χ0v) is 12.1. The molecule has 1 aromatic heterocycles. The first-order chi connectivity index (χ1) is 9.35. The van der Waals surface area contributed by atoms with Gasteiger partial charge in [-0.1, -0.05) is 33.1 Å². The van der Waals surface area contributed by atoms with Gasteiger partial charge in [0.05, 0.1) is 12.2 Å². The number of anilines is 1. The standard InChI is InChI=1S/C15H25N3O/c1-3-5-13-14(16-9-4-2)17-11-18-15(13)19-10-8-12-6-7-12/h11-12H,3-10H2,1-2H3,(H,16,17,18). The van der Waals surface area contributed by atoms with Gasteiger partial charge in [-0.2, -0.15) is 0 Å². The number of hydrogen-bond donors (Lipinski definition) is 1. The number of nitrogens with one attached hydrogen (secondary N) is 1. The van der Waals surface area contributed by atoms with Crippen LogP contribution in [0.25, 0.3) is 0 Å². The summed E-state index contributed by atoms with van der Waals surface area (Å²) in [6, 6.07) is 0. The molecule has 2 rings (SSSR count). The minimum atomic E-state index is 0.774. The Morgan fingerprint density at radius 2 is 2.11 bits per heavy atom. The topological polar surface area (TPSA) is 47.0 Å². The van der Waals surface area contributed by atoms with Crippen LogP contribution in [0.4, 0.5) is 5.82 Å². The van der Waals surface area contributed by atoms with Crippen molar-refractivity contribution in [3.05, 3.63) is 11.9 Å². The van der Waals surface area contributed by atoms with Crippen molar-refractivity contribution in [1.29, 1.82) is 0 Å². The van der Waals surface area contributed by atoms with Gasteiger partial charge in [-0.05, 0) is 25.2 Å². The van der Waals surface area contributed by atoms with Gasteiger partial charge in [0.15, 0.2) is 0 Å². The van der Waals surface area contributed by atoms with Gasteiger partial charge in [0.2, 0.25) is 5.88 Å². The van der Waals surface area contributed by atoms with Crippen molar-refractivity contribution in [2.24, 2.45) is 5.92 Å². The first-order valence-electron chi connectivity index (χ1n) is 7.55. The van der Waals surface area contributed by atoms with Gasteiger partial charge in [0.25, 0.3) is 0 Å². The molecule has 0 amide bonds. The first-order valence-corrected chi connectivity index (χ1v) is 7.55. The molecule has 4 nitrogen and oxygen atoms in total. The van der Waals surface area contributed by atoms with Gasteiger partial charge >= 0.3 is 0 Å². The van der Waals surface area contributed by atoms with Crippen LogP contribution < -0.4 is 10.1 Å². The van der Waals surface area contributed by atoms with Crippen molar-refractivity contribution >= 4 is 5.82 Å². The summed E-state index contributed by atoms with van der Waals surface area (Å²) in [6.07, 6.45) is 8.64. The normalized spacial score (nSPS) is 14.4. The molecule has 1 saturated carbocycles. The smallest absolute Gasteiger partial charge is 0.221 e. The summed E-state index contributed by atoms with van der Waals surface area (Å²) in [5, 5.41) is 3.37. The minimum Gasteiger partial charge on any atom is -0.477 e. The molecule has 1 N–H and O–H groups in total. The summed E-state index contributed by atoms with van der Waals surface area (Å²) in [7, 11) is 0. The molecule has 0 aliphatic heterocycles. The van der Waals surface area contributed by atoms with Crippen LogP contribution in [-0.2, 0) is 6.42 Å². The van der Waals surface area contributed by atoms with E-state index in [2.05, 4.69) is 29.1 Å². The summed E-state index contributed by atoms with van der Waals surface area (Å²) >= 11 is 0. The van der Waals surface area contributed by atoms with E-state index in [1.54, 1.807) is 6.33 Å². The predicted molar refractivity (Wildman–Crippen MR) is 77.6 cm³/mol. The second-order valence-electron chi connectivity index (χ2n) is 5.26. The molecule has 1 fully saturated rings. The average Bonchev–Trinajstić information content (AvgIpc) is 3.23. The van der Waals surface area contributed by atoms with Crippen molar-refractivity contribution in [2.45, 2.75) is 52.4 Å². The third-order valence-corrected chi connectivity index (χ3v) is 3.41. The van der Waals surface area contributed by atoms with Crippen molar-refractivity contribution in [3.63, 3.8) is 0 Å². The summed E-state index contributed by atoms with van der Waals surface area (Å²) in [5.74, 6) is 2.62. The van der Waals surface area contributed by atoms with Crippen LogP contribution in [0.3, 0.4) is 0 Å². The van der Waals surface area contributed by atoms with Crippen LogP contribution in [0.5, 0.6) is 5.88 Å². The lowest BCUT2D eigenvalue weighted by molar-refractivity contribution is 0.287. The predicted octanol–water partition coefficient (Wildman–Crippen LogP) is 3.43. The molecule has 106 valence electrons. The van der Waals surface area contributed by atoms with E-state index in [-0.39, 0.29) is 0 Å². The van der Waals surface area contributed by atoms with E-state index in [0.29, 0.717) is 0 Å². The lowest BCUT2D eigenvalue weighted by Crippen LogP contribution is -2.09. The van der Waals surface area contributed by atoms with Gasteiger partial charge in [0.1, 0.15) is 12.1 Å². The molecule has 0 radical (unpaired) electrons. The van der Waals surface area contributed by atoms with Crippen LogP contribution in [0, 0.1) is 5.92 Å². The van der Waals surface area contributed by atoms with Gasteiger partial charge < -0.3 is 10.1 Å². The Kier molecular flexibility index (Phi) is 5.43. The molecule has 19 heavy (non-hydrogen) atoms. The first kappa shape index (κ1) is 14.1. The number of ether oxygens (including phenoxy) is 1. The minimum absolute atomic E-state index is 0.774. The Balaban J connectivity index is 2.00. The van der Waals surface area contributed by atoms with E-state index in [1.165, 1.54) is 12.8 Å². The Labute approximate surface area is 116 Å². The van der Waals surface area contributed by atoms with Gasteiger partial charge in [-0.25, -0.2) is 9.97 Å². The largest absolute Gasteiger partial charge is 0.477 e. The molecule has 1 aromatic rings. The van der Waals surface area contributed by atoms with Gasteiger partial charge in [0, 0.05) is 6.54 Å². The summed E-state index contributed by atoms with van der Waals surface area (Å²) in [4.78, 5) is 8.66. The van der Waals surface area contributed by atoms with E-state index >= 15 is 0 Å². The molecular weight excluding hydrogens is 238 g/mol. The van der Waals surface area contributed by atoms with Crippen molar-refractivity contribution in [1.82, 2.24) is 9.97 Å². The maximum absolute atomic E-state index is 5.87. The third-order valence-electron chi connectivity index (χ3n) is 3.41. The lowest BCUT2D eigenvalue weighted by Gasteiger charge is -2.14. The lowest BCUT2D eigenvalue weighted by atomic mass is 10.1. The SMILES string of the molecule is CCCNc1ncnc(OCCC2CC2)c1CCC. The Bertz CT molecular complexity index is 391. The van der Waals surface area contributed by atoms with E-state index in [0.717, 1.165) is 62.0 Å². The highest BCUT2D eigenvalue weighted by Crippen LogP contribution is 2.32. The molecule has 1 aliphatic carbocycles. The van der Waals surface area contributed by atoms with Crippen LogP contribution in [-0.4, -0.2) is 23.1 Å². The Morgan fingerprint density at radius 3 is 2.79 bits per heavy atom. The summed E-state index contributed by atoms with van der Waals surface area (Å²) < 4.78 is 5.87. The Hall–Kier alpha value is -1.32. The molecule has 0 bridgehead atoms. The highest BCUT2D eigenvalue weighted by molar-refractivity contribution is 5.48. The third kappa shape index (κ3) is 4.37. The highest BCUT2D eigenvalue weighted by Gasteiger charge is 2.21. The monoisotopic (exact) mass is 263 g/mol. The zero-order chi connectivity index (χ0) is 13.5. The molecule has 0 spiro atoms. The molecule has 1 aliphatic rings. The van der Waals surface area contributed by atoms with Crippen molar-refractivity contribution in [3.8, 4) is 5.88 Å². The quantitative estimate of drug-likeness (QED) is 0.741. The maximum atomic E-state index is 5.87. The fourth-order valence-electron chi connectivity index (χ4n) is 2.12. The Morgan fingerprint density at radius 1 is 1.26 bits per heavy atom.